The topological polar surface area (TPSA) is 69.4 Å². The second-order valence-corrected chi connectivity index (χ2v) is 5.60. The van der Waals surface area contributed by atoms with Crippen LogP contribution in [0.15, 0.2) is 4.52 Å². The van der Waals surface area contributed by atoms with Crippen molar-refractivity contribution in [3.8, 4) is 0 Å². The Morgan fingerprint density at radius 2 is 2.26 bits per heavy atom. The van der Waals surface area contributed by atoms with E-state index in [0.29, 0.717) is 30.8 Å². The summed E-state index contributed by atoms with van der Waals surface area (Å²) in [4.78, 5) is 4.40. The molecule has 0 radical (unpaired) electrons. The number of hydrogen-bond donors (Lipinski definition) is 1. The standard InChI is InChI=1S/C13H21N3O3/c1-3-17-11(9-4-5-9)12-15-10(19-16-12)6-18-13(2)7-14-8-13/h9,11,14H,3-8H2,1-2H3. The molecule has 0 spiro atoms. The Bertz CT molecular complexity index is 427. The van der Waals surface area contributed by atoms with Crippen LogP contribution < -0.4 is 5.32 Å². The quantitative estimate of drug-likeness (QED) is 0.806. The fourth-order valence-electron chi connectivity index (χ4n) is 2.26. The molecule has 1 atom stereocenters. The van der Waals surface area contributed by atoms with Crippen LogP contribution in [-0.2, 0) is 16.1 Å². The third-order valence-corrected chi connectivity index (χ3v) is 3.68. The van der Waals surface area contributed by atoms with Crippen molar-refractivity contribution in [2.24, 2.45) is 5.92 Å². The van der Waals surface area contributed by atoms with Gasteiger partial charge in [-0.15, -0.1) is 0 Å². The summed E-state index contributed by atoms with van der Waals surface area (Å²) in [5.41, 5.74) is -0.0928. The first-order valence-corrected chi connectivity index (χ1v) is 6.99. The average Bonchev–Trinajstić information content (AvgIpc) is 3.10. The zero-order valence-corrected chi connectivity index (χ0v) is 11.5. The SMILES string of the molecule is CCOC(c1noc(COC2(C)CNC2)n1)C1CC1. The molecule has 2 aliphatic rings. The average molecular weight is 267 g/mol. The van der Waals surface area contributed by atoms with E-state index < -0.39 is 0 Å². The number of nitrogens with zero attached hydrogens (tertiary/aromatic N) is 2. The van der Waals surface area contributed by atoms with Crippen LogP contribution >= 0.6 is 0 Å². The molecule has 0 amide bonds. The van der Waals surface area contributed by atoms with Crippen molar-refractivity contribution in [1.82, 2.24) is 15.5 Å². The Morgan fingerprint density at radius 3 is 2.84 bits per heavy atom. The van der Waals surface area contributed by atoms with Crippen LogP contribution in [0.1, 0.15) is 44.5 Å². The van der Waals surface area contributed by atoms with Gasteiger partial charge in [-0.1, -0.05) is 5.16 Å². The third kappa shape index (κ3) is 2.96. The molecule has 1 unspecified atom stereocenters. The minimum absolute atomic E-state index is 0.0107. The summed E-state index contributed by atoms with van der Waals surface area (Å²) in [6.07, 6.45) is 2.37. The van der Waals surface area contributed by atoms with Gasteiger partial charge in [-0.05, 0) is 32.6 Å². The molecule has 1 N–H and O–H groups in total. The minimum Gasteiger partial charge on any atom is -0.370 e. The predicted molar refractivity (Wildman–Crippen MR) is 67.5 cm³/mol. The number of hydrogen-bond acceptors (Lipinski definition) is 6. The fraction of sp³-hybridized carbons (Fsp3) is 0.846. The third-order valence-electron chi connectivity index (χ3n) is 3.68. The van der Waals surface area contributed by atoms with Gasteiger partial charge in [-0.2, -0.15) is 4.98 Å². The molecule has 1 aromatic rings. The molecule has 106 valence electrons. The molecule has 6 heteroatoms. The van der Waals surface area contributed by atoms with E-state index in [0.717, 1.165) is 13.1 Å². The second kappa shape index (κ2) is 5.19. The predicted octanol–water partition coefficient (Wildman–Crippen LogP) is 1.44. The summed E-state index contributed by atoms with van der Waals surface area (Å²) in [6, 6.07) is 0. The van der Waals surface area contributed by atoms with Gasteiger partial charge in [0.1, 0.15) is 12.7 Å². The van der Waals surface area contributed by atoms with Gasteiger partial charge >= 0.3 is 0 Å². The van der Waals surface area contributed by atoms with Crippen molar-refractivity contribution in [2.45, 2.75) is 45.0 Å². The molecule has 1 saturated heterocycles. The van der Waals surface area contributed by atoms with E-state index in [9.17, 15) is 0 Å². The molecule has 19 heavy (non-hydrogen) atoms. The first-order valence-electron chi connectivity index (χ1n) is 6.99. The van der Waals surface area contributed by atoms with Gasteiger partial charge < -0.3 is 19.3 Å². The number of nitrogens with one attached hydrogen (secondary N) is 1. The maximum absolute atomic E-state index is 5.78. The monoisotopic (exact) mass is 267 g/mol. The fourth-order valence-corrected chi connectivity index (χ4v) is 2.26. The van der Waals surface area contributed by atoms with Crippen LogP contribution in [0.4, 0.5) is 0 Å². The minimum atomic E-state index is -0.0928. The molecule has 0 bridgehead atoms. The van der Waals surface area contributed by atoms with Crippen LogP contribution in [0.5, 0.6) is 0 Å². The number of ether oxygens (including phenoxy) is 2. The molecule has 2 fully saturated rings. The van der Waals surface area contributed by atoms with Gasteiger partial charge in [0.05, 0.1) is 5.60 Å². The van der Waals surface area contributed by atoms with Crippen LogP contribution in [-0.4, -0.2) is 35.4 Å². The highest BCUT2D eigenvalue weighted by atomic mass is 16.5. The van der Waals surface area contributed by atoms with Gasteiger partial charge in [0.15, 0.2) is 0 Å². The maximum atomic E-state index is 5.78. The largest absolute Gasteiger partial charge is 0.370 e. The number of rotatable bonds is 7. The molecule has 3 rings (SSSR count). The Balaban J connectivity index is 1.58. The zero-order chi connectivity index (χ0) is 13.3. The molecule has 0 aromatic carbocycles. The van der Waals surface area contributed by atoms with Gasteiger partial charge in [-0.3, -0.25) is 0 Å². The van der Waals surface area contributed by atoms with Crippen molar-refractivity contribution < 1.29 is 14.0 Å². The number of aromatic nitrogens is 2. The van der Waals surface area contributed by atoms with Gasteiger partial charge in [-0.25, -0.2) is 0 Å². The summed E-state index contributed by atoms with van der Waals surface area (Å²) < 4.78 is 16.7. The molecular formula is C13H21N3O3. The normalized spacial score (nSPS) is 23.1. The Kier molecular flexibility index (Phi) is 3.56. The highest BCUT2D eigenvalue weighted by Crippen LogP contribution is 2.42. The van der Waals surface area contributed by atoms with E-state index in [-0.39, 0.29) is 11.7 Å². The Hall–Kier alpha value is -0.980. The van der Waals surface area contributed by atoms with Gasteiger partial charge in [0, 0.05) is 19.7 Å². The molecule has 6 nitrogen and oxygen atoms in total. The lowest BCUT2D eigenvalue weighted by Gasteiger charge is -2.38. The highest BCUT2D eigenvalue weighted by Gasteiger charge is 2.37. The first-order chi connectivity index (χ1) is 9.20. The lowest BCUT2D eigenvalue weighted by atomic mass is 10.0. The molecular weight excluding hydrogens is 246 g/mol. The summed E-state index contributed by atoms with van der Waals surface area (Å²) >= 11 is 0. The first kappa shape index (κ1) is 13.0. The van der Waals surface area contributed by atoms with Crippen LogP contribution in [0, 0.1) is 5.92 Å². The van der Waals surface area contributed by atoms with E-state index in [4.69, 9.17) is 14.0 Å². The van der Waals surface area contributed by atoms with Crippen LogP contribution in [0.3, 0.4) is 0 Å². The lowest BCUT2D eigenvalue weighted by molar-refractivity contribution is -0.0841. The Morgan fingerprint density at radius 1 is 1.47 bits per heavy atom. The Labute approximate surface area is 112 Å². The molecule has 1 aromatic heterocycles. The van der Waals surface area contributed by atoms with Crippen molar-refractivity contribution in [3.05, 3.63) is 11.7 Å². The molecule has 1 aliphatic carbocycles. The summed E-state index contributed by atoms with van der Waals surface area (Å²) in [7, 11) is 0. The van der Waals surface area contributed by atoms with Crippen molar-refractivity contribution in [1.29, 1.82) is 0 Å². The van der Waals surface area contributed by atoms with E-state index >= 15 is 0 Å². The van der Waals surface area contributed by atoms with Crippen LogP contribution in [0.25, 0.3) is 0 Å². The molecule has 2 heterocycles. The van der Waals surface area contributed by atoms with Gasteiger partial charge in [0.25, 0.3) is 5.89 Å². The summed E-state index contributed by atoms with van der Waals surface area (Å²) in [5, 5.41) is 7.22. The van der Waals surface area contributed by atoms with Crippen molar-refractivity contribution in [3.63, 3.8) is 0 Å². The summed E-state index contributed by atoms with van der Waals surface area (Å²) in [5.74, 6) is 1.76. The molecule has 1 saturated carbocycles. The summed E-state index contributed by atoms with van der Waals surface area (Å²) in [6.45, 7) is 6.85. The van der Waals surface area contributed by atoms with E-state index in [1.807, 2.05) is 6.92 Å². The second-order valence-electron chi connectivity index (χ2n) is 5.60. The van der Waals surface area contributed by atoms with E-state index in [1.54, 1.807) is 0 Å². The maximum Gasteiger partial charge on any atom is 0.252 e. The van der Waals surface area contributed by atoms with Crippen molar-refractivity contribution >= 4 is 0 Å². The highest BCUT2D eigenvalue weighted by molar-refractivity contribution is 4.98. The smallest absolute Gasteiger partial charge is 0.252 e. The van der Waals surface area contributed by atoms with E-state index in [1.165, 1.54) is 12.8 Å². The lowest BCUT2D eigenvalue weighted by Crippen LogP contribution is -2.58. The van der Waals surface area contributed by atoms with Crippen molar-refractivity contribution in [2.75, 3.05) is 19.7 Å². The zero-order valence-electron chi connectivity index (χ0n) is 11.5. The van der Waals surface area contributed by atoms with E-state index in [2.05, 4.69) is 22.4 Å². The van der Waals surface area contributed by atoms with Gasteiger partial charge in [0.2, 0.25) is 5.82 Å². The van der Waals surface area contributed by atoms with Crippen LogP contribution in [0.2, 0.25) is 0 Å². The molecule has 1 aliphatic heterocycles.